The van der Waals surface area contributed by atoms with Gasteiger partial charge < -0.3 is 10.6 Å². The molecule has 0 heterocycles. The van der Waals surface area contributed by atoms with Crippen LogP contribution in [0.2, 0.25) is 0 Å². The predicted molar refractivity (Wildman–Crippen MR) is 82.5 cm³/mol. The minimum atomic E-state index is -0.111. The Morgan fingerprint density at radius 2 is 1.90 bits per heavy atom. The van der Waals surface area contributed by atoms with Gasteiger partial charge in [0.2, 0.25) is 0 Å². The van der Waals surface area contributed by atoms with Crippen molar-refractivity contribution in [1.82, 2.24) is 4.90 Å². The van der Waals surface area contributed by atoms with Crippen molar-refractivity contribution < 1.29 is 4.79 Å². The minimum absolute atomic E-state index is 0.111. The first-order valence-corrected chi connectivity index (χ1v) is 6.62. The van der Waals surface area contributed by atoms with E-state index in [2.05, 4.69) is 6.07 Å². The van der Waals surface area contributed by atoms with Crippen LogP contribution < -0.4 is 5.73 Å². The van der Waals surface area contributed by atoms with Crippen LogP contribution in [0, 0.1) is 18.3 Å². The number of nitriles is 1. The molecule has 2 aromatic rings. The van der Waals surface area contributed by atoms with Crippen molar-refractivity contribution in [3.8, 4) is 6.07 Å². The third-order valence-corrected chi connectivity index (χ3v) is 3.29. The molecule has 2 rings (SSSR count). The highest BCUT2D eigenvalue weighted by Crippen LogP contribution is 2.17. The number of anilines is 1. The van der Waals surface area contributed by atoms with Crippen LogP contribution in [0.4, 0.5) is 5.69 Å². The Kier molecular flexibility index (Phi) is 4.24. The molecule has 0 aliphatic carbocycles. The minimum Gasteiger partial charge on any atom is -0.398 e. The highest BCUT2D eigenvalue weighted by molar-refractivity contribution is 5.99. The van der Waals surface area contributed by atoms with Gasteiger partial charge in [0.15, 0.2) is 0 Å². The normalized spacial score (nSPS) is 9.95. The van der Waals surface area contributed by atoms with Gasteiger partial charge in [0.25, 0.3) is 5.91 Å². The Bertz CT molecular complexity index is 699. The first-order chi connectivity index (χ1) is 10.0. The number of amides is 1. The van der Waals surface area contributed by atoms with Crippen molar-refractivity contribution in [3.63, 3.8) is 0 Å². The SMILES string of the molecule is Cc1ccc(N)c(C(=O)N(C)Cc2ccc(C#N)cc2)c1. The van der Waals surface area contributed by atoms with E-state index in [1.807, 2.05) is 25.1 Å². The second kappa shape index (κ2) is 6.10. The molecule has 4 heteroatoms. The molecule has 106 valence electrons. The van der Waals surface area contributed by atoms with E-state index in [0.29, 0.717) is 23.4 Å². The molecule has 0 fully saturated rings. The Morgan fingerprint density at radius 3 is 2.52 bits per heavy atom. The first-order valence-electron chi connectivity index (χ1n) is 6.62. The lowest BCUT2D eigenvalue weighted by Gasteiger charge is -2.18. The van der Waals surface area contributed by atoms with Gasteiger partial charge in [-0.2, -0.15) is 5.26 Å². The van der Waals surface area contributed by atoms with Gasteiger partial charge in [0.05, 0.1) is 17.2 Å². The molecular weight excluding hydrogens is 262 g/mol. The third-order valence-electron chi connectivity index (χ3n) is 3.29. The standard InChI is InChI=1S/C17H17N3O/c1-12-3-8-16(19)15(9-12)17(21)20(2)11-14-6-4-13(10-18)5-7-14/h3-9H,11,19H2,1-2H3. The summed E-state index contributed by atoms with van der Waals surface area (Å²) in [4.78, 5) is 14.1. The monoisotopic (exact) mass is 279 g/mol. The highest BCUT2D eigenvalue weighted by Gasteiger charge is 2.15. The average Bonchev–Trinajstić information content (AvgIpc) is 2.49. The fourth-order valence-corrected chi connectivity index (χ4v) is 2.09. The summed E-state index contributed by atoms with van der Waals surface area (Å²) in [5.41, 5.74) is 9.45. The summed E-state index contributed by atoms with van der Waals surface area (Å²) in [6, 6.07) is 14.7. The maximum Gasteiger partial charge on any atom is 0.255 e. The van der Waals surface area contributed by atoms with Crippen molar-refractivity contribution in [1.29, 1.82) is 5.26 Å². The van der Waals surface area contributed by atoms with E-state index >= 15 is 0 Å². The molecule has 0 bridgehead atoms. The van der Waals surface area contributed by atoms with Gasteiger partial charge in [0.1, 0.15) is 0 Å². The van der Waals surface area contributed by atoms with Crippen molar-refractivity contribution in [2.75, 3.05) is 12.8 Å². The van der Waals surface area contributed by atoms with Gasteiger partial charge in [-0.1, -0.05) is 23.8 Å². The van der Waals surface area contributed by atoms with Crippen molar-refractivity contribution >= 4 is 11.6 Å². The van der Waals surface area contributed by atoms with Crippen LogP contribution in [0.5, 0.6) is 0 Å². The maximum atomic E-state index is 12.4. The van der Waals surface area contributed by atoms with Gasteiger partial charge >= 0.3 is 0 Å². The van der Waals surface area contributed by atoms with Gasteiger partial charge in [-0.15, -0.1) is 0 Å². The van der Waals surface area contributed by atoms with E-state index in [0.717, 1.165) is 11.1 Å². The molecule has 2 aromatic carbocycles. The number of nitrogens with zero attached hydrogens (tertiary/aromatic N) is 2. The molecule has 0 aliphatic heterocycles. The second-order valence-electron chi connectivity index (χ2n) is 5.06. The van der Waals surface area contributed by atoms with E-state index in [4.69, 9.17) is 11.0 Å². The molecule has 0 atom stereocenters. The molecule has 0 radical (unpaired) electrons. The molecule has 0 aromatic heterocycles. The number of carbonyl (C=O) groups is 1. The van der Waals surface area contributed by atoms with Gasteiger partial charge in [-0.05, 0) is 36.8 Å². The number of hydrogen-bond donors (Lipinski definition) is 1. The highest BCUT2D eigenvalue weighted by atomic mass is 16.2. The van der Waals surface area contributed by atoms with E-state index < -0.39 is 0 Å². The topological polar surface area (TPSA) is 70.1 Å². The number of nitrogens with two attached hydrogens (primary N) is 1. The number of benzene rings is 2. The Labute approximate surface area is 124 Å². The van der Waals surface area contributed by atoms with E-state index in [1.54, 1.807) is 36.2 Å². The number of aryl methyl sites for hydroxylation is 1. The molecule has 0 saturated carbocycles. The van der Waals surface area contributed by atoms with Crippen LogP contribution in [0.3, 0.4) is 0 Å². The zero-order chi connectivity index (χ0) is 15.4. The van der Waals surface area contributed by atoms with E-state index in [-0.39, 0.29) is 5.91 Å². The predicted octanol–water partition coefficient (Wildman–Crippen LogP) is 2.72. The quantitative estimate of drug-likeness (QED) is 0.878. The Hall–Kier alpha value is -2.80. The van der Waals surface area contributed by atoms with Crippen LogP contribution >= 0.6 is 0 Å². The molecule has 0 aliphatic rings. The fraction of sp³-hybridized carbons (Fsp3) is 0.176. The summed E-state index contributed by atoms with van der Waals surface area (Å²) in [6.45, 7) is 2.40. The van der Waals surface area contributed by atoms with Crippen molar-refractivity contribution in [2.45, 2.75) is 13.5 Å². The largest absolute Gasteiger partial charge is 0.398 e. The smallest absolute Gasteiger partial charge is 0.255 e. The summed E-state index contributed by atoms with van der Waals surface area (Å²) in [6.07, 6.45) is 0. The van der Waals surface area contributed by atoms with Crippen molar-refractivity contribution in [3.05, 3.63) is 64.7 Å². The first kappa shape index (κ1) is 14.6. The zero-order valence-electron chi connectivity index (χ0n) is 12.1. The Morgan fingerprint density at radius 1 is 1.24 bits per heavy atom. The van der Waals surface area contributed by atoms with E-state index in [1.165, 1.54) is 0 Å². The summed E-state index contributed by atoms with van der Waals surface area (Å²) in [5, 5.41) is 8.78. The summed E-state index contributed by atoms with van der Waals surface area (Å²) in [7, 11) is 1.74. The third kappa shape index (κ3) is 3.40. The summed E-state index contributed by atoms with van der Waals surface area (Å²) < 4.78 is 0. The molecule has 4 nitrogen and oxygen atoms in total. The second-order valence-corrected chi connectivity index (χ2v) is 5.06. The number of nitrogen functional groups attached to an aromatic ring is 1. The van der Waals surface area contributed by atoms with Crippen LogP contribution in [0.1, 0.15) is 27.0 Å². The Balaban J connectivity index is 2.15. The van der Waals surface area contributed by atoms with Crippen LogP contribution in [0.25, 0.3) is 0 Å². The zero-order valence-corrected chi connectivity index (χ0v) is 12.1. The molecule has 0 saturated heterocycles. The molecule has 21 heavy (non-hydrogen) atoms. The molecule has 1 amide bonds. The van der Waals surface area contributed by atoms with Crippen LogP contribution in [-0.2, 0) is 6.54 Å². The molecule has 0 unspecified atom stereocenters. The summed E-state index contributed by atoms with van der Waals surface area (Å²) in [5.74, 6) is -0.111. The van der Waals surface area contributed by atoms with Crippen LogP contribution in [0.15, 0.2) is 42.5 Å². The number of carbonyl (C=O) groups excluding carboxylic acids is 1. The lowest BCUT2D eigenvalue weighted by molar-refractivity contribution is 0.0786. The average molecular weight is 279 g/mol. The summed E-state index contributed by atoms with van der Waals surface area (Å²) >= 11 is 0. The fourth-order valence-electron chi connectivity index (χ4n) is 2.09. The van der Waals surface area contributed by atoms with Gasteiger partial charge in [0, 0.05) is 19.3 Å². The van der Waals surface area contributed by atoms with Crippen LogP contribution in [-0.4, -0.2) is 17.9 Å². The number of hydrogen-bond acceptors (Lipinski definition) is 3. The molecular formula is C17H17N3O. The lowest BCUT2D eigenvalue weighted by Crippen LogP contribution is -2.27. The van der Waals surface area contributed by atoms with Gasteiger partial charge in [-0.3, -0.25) is 4.79 Å². The van der Waals surface area contributed by atoms with Crippen molar-refractivity contribution in [2.24, 2.45) is 0 Å². The molecule has 0 spiro atoms. The number of rotatable bonds is 3. The van der Waals surface area contributed by atoms with E-state index in [9.17, 15) is 4.79 Å². The lowest BCUT2D eigenvalue weighted by atomic mass is 10.1. The maximum absolute atomic E-state index is 12.4. The molecule has 2 N–H and O–H groups in total. The van der Waals surface area contributed by atoms with Gasteiger partial charge in [-0.25, -0.2) is 0 Å².